The van der Waals surface area contributed by atoms with Crippen molar-refractivity contribution < 1.29 is 22.4 Å². The zero-order chi connectivity index (χ0) is 17.3. The van der Waals surface area contributed by atoms with E-state index < -0.39 is 11.7 Å². The van der Waals surface area contributed by atoms with Crippen LogP contribution in [0.1, 0.15) is 25.3 Å². The van der Waals surface area contributed by atoms with E-state index in [1.54, 1.807) is 0 Å². The van der Waals surface area contributed by atoms with E-state index in [2.05, 4.69) is 15.0 Å². The fourth-order valence-electron chi connectivity index (χ4n) is 2.64. The smallest absolute Gasteiger partial charge is 0.376 e. The van der Waals surface area contributed by atoms with E-state index in [-0.39, 0.29) is 23.5 Å². The monoisotopic (exact) mass is 341 g/mol. The lowest BCUT2D eigenvalue weighted by Crippen LogP contribution is -2.46. The van der Waals surface area contributed by atoms with Gasteiger partial charge in [0, 0.05) is 18.2 Å². The Balaban J connectivity index is 1.76. The third-order valence-electron chi connectivity index (χ3n) is 3.99. The number of alkyl halides is 3. The van der Waals surface area contributed by atoms with E-state index in [0.29, 0.717) is 19.0 Å². The van der Waals surface area contributed by atoms with Crippen LogP contribution in [0.15, 0.2) is 28.8 Å². The molecule has 1 aromatic heterocycles. The number of nitrogens with zero attached hydrogens (tertiary/aromatic N) is 3. The molecule has 2 atom stereocenters. The molecule has 0 amide bonds. The minimum Gasteiger partial charge on any atom is -0.376 e. The lowest BCUT2D eigenvalue weighted by Gasteiger charge is -2.35. The Morgan fingerprint density at radius 1 is 1.29 bits per heavy atom. The van der Waals surface area contributed by atoms with Crippen LogP contribution in [0, 0.1) is 0 Å². The predicted molar refractivity (Wildman–Crippen MR) is 80.0 cm³/mol. The second kappa shape index (κ2) is 6.52. The van der Waals surface area contributed by atoms with Crippen LogP contribution in [0.2, 0.25) is 0 Å². The molecular formula is C16H18F3N3O2. The van der Waals surface area contributed by atoms with Crippen molar-refractivity contribution in [3.05, 3.63) is 35.7 Å². The Hall–Kier alpha value is -1.93. The van der Waals surface area contributed by atoms with Crippen LogP contribution in [0.25, 0.3) is 11.4 Å². The summed E-state index contributed by atoms with van der Waals surface area (Å²) in [7, 11) is 0. The van der Waals surface area contributed by atoms with E-state index in [1.165, 1.54) is 12.1 Å². The van der Waals surface area contributed by atoms with Gasteiger partial charge in [-0.15, -0.1) is 0 Å². The zero-order valence-corrected chi connectivity index (χ0v) is 13.4. The number of morpholine rings is 1. The minimum atomic E-state index is -4.40. The third-order valence-corrected chi connectivity index (χ3v) is 3.99. The maximum absolute atomic E-state index is 12.8. The van der Waals surface area contributed by atoms with Gasteiger partial charge in [0.05, 0.1) is 24.8 Å². The van der Waals surface area contributed by atoms with Crippen molar-refractivity contribution >= 4 is 0 Å². The SMILES string of the molecule is C[C@@H]1CN(Cc2nc(-c3cccc(C(F)(F)F)c3)no2)[C@H](C)CO1. The summed E-state index contributed by atoms with van der Waals surface area (Å²) in [6.07, 6.45) is -4.28. The third kappa shape index (κ3) is 3.76. The first kappa shape index (κ1) is 16.9. The highest BCUT2D eigenvalue weighted by atomic mass is 19.4. The topological polar surface area (TPSA) is 51.4 Å². The minimum absolute atomic E-state index is 0.118. The van der Waals surface area contributed by atoms with Crippen LogP contribution in [0.4, 0.5) is 13.2 Å². The molecule has 2 aromatic rings. The molecule has 0 radical (unpaired) electrons. The number of hydrogen-bond acceptors (Lipinski definition) is 5. The van der Waals surface area contributed by atoms with Gasteiger partial charge in [0.15, 0.2) is 0 Å². The number of aromatic nitrogens is 2. The standard InChI is InChI=1S/C16H18F3N3O2/c1-10-9-23-11(2)7-22(10)8-14-20-15(21-24-14)12-4-3-5-13(6-12)16(17,18)19/h3-6,10-11H,7-9H2,1-2H3/t10-,11-/m1/s1. The van der Waals surface area contributed by atoms with Crippen molar-refractivity contribution in [3.63, 3.8) is 0 Å². The molecule has 5 nitrogen and oxygen atoms in total. The lowest BCUT2D eigenvalue weighted by atomic mass is 10.1. The average Bonchev–Trinajstić information content (AvgIpc) is 2.99. The second-order valence-corrected chi connectivity index (χ2v) is 6.01. The molecule has 1 aliphatic heterocycles. The lowest BCUT2D eigenvalue weighted by molar-refractivity contribution is -0.137. The summed E-state index contributed by atoms with van der Waals surface area (Å²) in [4.78, 5) is 6.38. The zero-order valence-electron chi connectivity index (χ0n) is 13.4. The summed E-state index contributed by atoms with van der Waals surface area (Å²) in [5.74, 6) is 0.536. The molecule has 0 saturated carbocycles. The van der Waals surface area contributed by atoms with Crippen molar-refractivity contribution in [2.75, 3.05) is 13.2 Å². The number of hydrogen-bond donors (Lipinski definition) is 0. The Morgan fingerprint density at radius 3 is 2.83 bits per heavy atom. The molecule has 1 aliphatic rings. The summed E-state index contributed by atoms with van der Waals surface area (Å²) in [5, 5.41) is 3.81. The molecule has 1 saturated heterocycles. The maximum Gasteiger partial charge on any atom is 0.416 e. The van der Waals surface area contributed by atoms with Crippen LogP contribution >= 0.6 is 0 Å². The predicted octanol–water partition coefficient (Wildman–Crippen LogP) is 3.36. The quantitative estimate of drug-likeness (QED) is 0.857. The number of rotatable bonds is 3. The van der Waals surface area contributed by atoms with Gasteiger partial charge in [-0.05, 0) is 26.0 Å². The van der Waals surface area contributed by atoms with Gasteiger partial charge >= 0.3 is 6.18 Å². The van der Waals surface area contributed by atoms with Gasteiger partial charge in [-0.2, -0.15) is 18.2 Å². The summed E-state index contributed by atoms with van der Waals surface area (Å²) >= 11 is 0. The van der Waals surface area contributed by atoms with Crippen LogP contribution < -0.4 is 0 Å². The average molecular weight is 341 g/mol. The molecule has 2 heterocycles. The normalized spacial score (nSPS) is 22.7. The van der Waals surface area contributed by atoms with Crippen LogP contribution in [0.5, 0.6) is 0 Å². The molecule has 0 unspecified atom stereocenters. The van der Waals surface area contributed by atoms with Gasteiger partial charge in [0.25, 0.3) is 0 Å². The maximum atomic E-state index is 12.8. The number of halogens is 3. The van der Waals surface area contributed by atoms with Gasteiger partial charge in [-0.3, -0.25) is 4.90 Å². The molecule has 1 fully saturated rings. The van der Waals surface area contributed by atoms with E-state index >= 15 is 0 Å². The van der Waals surface area contributed by atoms with E-state index in [0.717, 1.165) is 18.7 Å². The highest BCUT2D eigenvalue weighted by Gasteiger charge is 2.31. The Kier molecular flexibility index (Phi) is 4.60. The molecule has 24 heavy (non-hydrogen) atoms. The molecular weight excluding hydrogens is 323 g/mol. The molecule has 0 bridgehead atoms. The summed E-state index contributed by atoms with van der Waals surface area (Å²) in [5.41, 5.74) is -0.454. The first-order valence-corrected chi connectivity index (χ1v) is 7.69. The first-order chi connectivity index (χ1) is 11.3. The number of ether oxygens (including phenoxy) is 1. The second-order valence-electron chi connectivity index (χ2n) is 6.01. The molecule has 0 spiro atoms. The highest BCUT2D eigenvalue weighted by Crippen LogP contribution is 2.31. The van der Waals surface area contributed by atoms with Gasteiger partial charge in [0.1, 0.15) is 0 Å². The summed E-state index contributed by atoms with van der Waals surface area (Å²) in [6, 6.07) is 5.11. The van der Waals surface area contributed by atoms with E-state index in [1.807, 2.05) is 13.8 Å². The van der Waals surface area contributed by atoms with Crippen LogP contribution in [-0.2, 0) is 17.5 Å². The highest BCUT2D eigenvalue weighted by molar-refractivity contribution is 5.55. The van der Waals surface area contributed by atoms with Gasteiger partial charge in [-0.25, -0.2) is 0 Å². The van der Waals surface area contributed by atoms with Crippen LogP contribution in [0.3, 0.4) is 0 Å². The fraction of sp³-hybridized carbons (Fsp3) is 0.500. The molecule has 0 aliphatic carbocycles. The van der Waals surface area contributed by atoms with Crippen molar-refractivity contribution in [3.8, 4) is 11.4 Å². The molecule has 130 valence electrons. The molecule has 1 aromatic carbocycles. The number of benzene rings is 1. The summed E-state index contributed by atoms with van der Waals surface area (Å²) in [6.45, 7) is 5.83. The van der Waals surface area contributed by atoms with Gasteiger partial charge < -0.3 is 9.26 Å². The van der Waals surface area contributed by atoms with Crippen molar-refractivity contribution in [2.24, 2.45) is 0 Å². The van der Waals surface area contributed by atoms with Gasteiger partial charge in [0.2, 0.25) is 11.7 Å². The Bertz CT molecular complexity index is 702. The molecule has 0 N–H and O–H groups in total. The Morgan fingerprint density at radius 2 is 2.08 bits per heavy atom. The molecule has 3 rings (SSSR count). The Labute approximate surface area is 137 Å². The van der Waals surface area contributed by atoms with Crippen molar-refractivity contribution in [1.82, 2.24) is 15.0 Å². The summed E-state index contributed by atoms with van der Waals surface area (Å²) < 4.78 is 49.2. The fourth-order valence-corrected chi connectivity index (χ4v) is 2.64. The first-order valence-electron chi connectivity index (χ1n) is 7.69. The van der Waals surface area contributed by atoms with E-state index in [9.17, 15) is 13.2 Å². The molecule has 8 heteroatoms. The van der Waals surface area contributed by atoms with Crippen molar-refractivity contribution in [1.29, 1.82) is 0 Å². The largest absolute Gasteiger partial charge is 0.416 e. The van der Waals surface area contributed by atoms with Crippen molar-refractivity contribution in [2.45, 2.75) is 38.7 Å². The van der Waals surface area contributed by atoms with Gasteiger partial charge in [-0.1, -0.05) is 17.3 Å². The van der Waals surface area contributed by atoms with E-state index in [4.69, 9.17) is 9.26 Å². The van der Waals surface area contributed by atoms with Crippen LogP contribution in [-0.4, -0.2) is 40.3 Å².